The molecule has 0 atom stereocenters. The molecule has 0 saturated carbocycles. The van der Waals surface area contributed by atoms with Crippen molar-refractivity contribution in [2.75, 3.05) is 6.26 Å². The van der Waals surface area contributed by atoms with E-state index in [1.165, 1.54) is 21.7 Å². The molecule has 0 radical (unpaired) electrons. The van der Waals surface area contributed by atoms with Gasteiger partial charge in [0.1, 0.15) is 5.69 Å². The summed E-state index contributed by atoms with van der Waals surface area (Å²) in [4.78, 5) is 15.6. The van der Waals surface area contributed by atoms with E-state index in [0.29, 0.717) is 0 Å². The van der Waals surface area contributed by atoms with Gasteiger partial charge in [-0.25, -0.2) is 15.0 Å². The molecule has 1 aliphatic carbocycles. The number of hydrogen-bond acceptors (Lipinski definition) is 4. The summed E-state index contributed by atoms with van der Waals surface area (Å²) >= 11 is 1.76. The van der Waals surface area contributed by atoms with Gasteiger partial charge in [-0.15, -0.1) is 11.8 Å². The van der Waals surface area contributed by atoms with E-state index in [1.54, 1.807) is 11.8 Å². The predicted molar refractivity (Wildman–Crippen MR) is 99.2 cm³/mol. The standard InChI is InChI=1S/C20H19N3S/c1-13-6-3-11-18(21-13)20-22-17-10-5-9-16(17)19(23-20)14-7-4-8-15(12-14)24-2/h3-4,6-8,11-12H,5,9-10H2,1-2H3. The van der Waals surface area contributed by atoms with Crippen molar-refractivity contribution in [2.24, 2.45) is 0 Å². The number of nitrogens with zero attached hydrogens (tertiary/aromatic N) is 3. The molecule has 4 heteroatoms. The number of hydrogen-bond donors (Lipinski definition) is 0. The fourth-order valence-electron chi connectivity index (χ4n) is 3.22. The van der Waals surface area contributed by atoms with Crippen LogP contribution in [0, 0.1) is 6.92 Å². The minimum absolute atomic E-state index is 0.740. The van der Waals surface area contributed by atoms with Gasteiger partial charge in [0.2, 0.25) is 0 Å². The Kier molecular flexibility index (Phi) is 4.07. The minimum Gasteiger partial charge on any atom is -0.250 e. The first-order valence-corrected chi connectivity index (χ1v) is 9.45. The Hall–Kier alpha value is -2.20. The first-order chi connectivity index (χ1) is 11.7. The number of benzene rings is 1. The normalized spacial score (nSPS) is 13.1. The number of pyridine rings is 1. The highest BCUT2D eigenvalue weighted by Gasteiger charge is 2.21. The molecule has 0 fully saturated rings. The van der Waals surface area contributed by atoms with Gasteiger partial charge in [-0.2, -0.15) is 0 Å². The lowest BCUT2D eigenvalue weighted by Gasteiger charge is -2.11. The van der Waals surface area contributed by atoms with Gasteiger partial charge in [-0.3, -0.25) is 0 Å². The summed E-state index contributed by atoms with van der Waals surface area (Å²) < 4.78 is 0. The summed E-state index contributed by atoms with van der Waals surface area (Å²) in [5.74, 6) is 0.740. The fraction of sp³-hybridized carbons (Fsp3) is 0.250. The quantitative estimate of drug-likeness (QED) is 0.650. The van der Waals surface area contributed by atoms with E-state index in [0.717, 1.165) is 42.2 Å². The van der Waals surface area contributed by atoms with Gasteiger partial charge >= 0.3 is 0 Å². The van der Waals surface area contributed by atoms with Crippen LogP contribution >= 0.6 is 11.8 Å². The Balaban J connectivity index is 1.90. The van der Waals surface area contributed by atoms with Crippen LogP contribution < -0.4 is 0 Å². The Bertz CT molecular complexity index is 905. The van der Waals surface area contributed by atoms with Gasteiger partial charge in [0.05, 0.1) is 5.69 Å². The van der Waals surface area contributed by atoms with Gasteiger partial charge in [0.15, 0.2) is 5.82 Å². The van der Waals surface area contributed by atoms with Crippen molar-refractivity contribution in [1.82, 2.24) is 15.0 Å². The van der Waals surface area contributed by atoms with Crippen LogP contribution in [0.4, 0.5) is 0 Å². The highest BCUT2D eigenvalue weighted by Crippen LogP contribution is 2.33. The average molecular weight is 333 g/mol. The van der Waals surface area contributed by atoms with Crippen LogP contribution in [0.3, 0.4) is 0 Å². The summed E-state index contributed by atoms with van der Waals surface area (Å²) in [6.45, 7) is 2.00. The minimum atomic E-state index is 0.740. The number of thioether (sulfide) groups is 1. The van der Waals surface area contributed by atoms with Crippen molar-refractivity contribution in [1.29, 1.82) is 0 Å². The highest BCUT2D eigenvalue weighted by molar-refractivity contribution is 7.98. The second kappa shape index (κ2) is 6.36. The highest BCUT2D eigenvalue weighted by atomic mass is 32.2. The molecule has 120 valence electrons. The van der Waals surface area contributed by atoms with E-state index in [4.69, 9.17) is 9.97 Å². The van der Waals surface area contributed by atoms with Gasteiger partial charge in [0.25, 0.3) is 0 Å². The van der Waals surface area contributed by atoms with Gasteiger partial charge < -0.3 is 0 Å². The van der Waals surface area contributed by atoms with Crippen LogP contribution in [0.1, 0.15) is 23.4 Å². The van der Waals surface area contributed by atoms with E-state index in [-0.39, 0.29) is 0 Å². The summed E-state index contributed by atoms with van der Waals surface area (Å²) in [6, 6.07) is 14.6. The first kappa shape index (κ1) is 15.3. The number of aryl methyl sites for hydroxylation is 2. The zero-order valence-electron chi connectivity index (χ0n) is 13.9. The molecule has 1 aromatic carbocycles. The summed E-state index contributed by atoms with van der Waals surface area (Å²) in [5, 5.41) is 0. The number of rotatable bonds is 3. The van der Waals surface area contributed by atoms with Crippen molar-refractivity contribution in [3.8, 4) is 22.8 Å². The molecular weight excluding hydrogens is 314 g/mol. The van der Waals surface area contributed by atoms with E-state index in [2.05, 4.69) is 35.5 Å². The molecule has 0 N–H and O–H groups in total. The lowest BCUT2D eigenvalue weighted by molar-refractivity contribution is 0.899. The monoisotopic (exact) mass is 333 g/mol. The third-order valence-corrected chi connectivity index (χ3v) is 5.12. The van der Waals surface area contributed by atoms with Crippen molar-refractivity contribution < 1.29 is 0 Å². The molecule has 0 saturated heterocycles. The third kappa shape index (κ3) is 2.82. The average Bonchev–Trinajstić information content (AvgIpc) is 3.09. The van der Waals surface area contributed by atoms with Crippen LogP contribution in [-0.2, 0) is 12.8 Å². The van der Waals surface area contributed by atoms with Crippen molar-refractivity contribution in [3.05, 3.63) is 59.4 Å². The Morgan fingerprint density at radius 1 is 0.958 bits per heavy atom. The zero-order valence-corrected chi connectivity index (χ0v) is 14.7. The molecule has 3 aromatic rings. The summed E-state index contributed by atoms with van der Waals surface area (Å²) in [6.07, 6.45) is 5.36. The van der Waals surface area contributed by atoms with Crippen LogP contribution in [0.2, 0.25) is 0 Å². The maximum absolute atomic E-state index is 4.92. The largest absolute Gasteiger partial charge is 0.250 e. The lowest BCUT2D eigenvalue weighted by atomic mass is 10.0. The molecule has 3 nitrogen and oxygen atoms in total. The zero-order chi connectivity index (χ0) is 16.5. The number of fused-ring (bicyclic) bond motifs is 1. The molecule has 1 aliphatic rings. The van der Waals surface area contributed by atoms with Gasteiger partial charge in [0, 0.05) is 27.4 Å². The van der Waals surface area contributed by atoms with Crippen molar-refractivity contribution in [3.63, 3.8) is 0 Å². The van der Waals surface area contributed by atoms with Gasteiger partial charge in [-0.1, -0.05) is 18.2 Å². The SMILES string of the molecule is CSc1cccc(-c2nc(-c3cccc(C)n3)nc3c2CCC3)c1. The van der Waals surface area contributed by atoms with Crippen LogP contribution in [0.25, 0.3) is 22.8 Å². The van der Waals surface area contributed by atoms with Crippen LogP contribution in [-0.4, -0.2) is 21.2 Å². The van der Waals surface area contributed by atoms with Crippen molar-refractivity contribution in [2.45, 2.75) is 31.1 Å². The summed E-state index contributed by atoms with van der Waals surface area (Å²) in [7, 11) is 0. The molecule has 2 aromatic heterocycles. The molecule has 24 heavy (non-hydrogen) atoms. The molecule has 4 rings (SSSR count). The second-order valence-corrected chi connectivity index (χ2v) is 6.95. The van der Waals surface area contributed by atoms with E-state index >= 15 is 0 Å². The number of aromatic nitrogens is 3. The fourth-order valence-corrected chi connectivity index (χ4v) is 3.68. The summed E-state index contributed by atoms with van der Waals surface area (Å²) in [5.41, 5.74) is 6.59. The molecule has 0 spiro atoms. The van der Waals surface area contributed by atoms with E-state index < -0.39 is 0 Å². The van der Waals surface area contributed by atoms with E-state index in [1.807, 2.05) is 25.1 Å². The van der Waals surface area contributed by atoms with E-state index in [9.17, 15) is 0 Å². The molecule has 0 aliphatic heterocycles. The molecular formula is C20H19N3S. The molecule has 0 unspecified atom stereocenters. The first-order valence-electron chi connectivity index (χ1n) is 8.23. The van der Waals surface area contributed by atoms with Gasteiger partial charge in [-0.05, 0) is 56.7 Å². The van der Waals surface area contributed by atoms with Crippen LogP contribution in [0.5, 0.6) is 0 Å². The second-order valence-electron chi connectivity index (χ2n) is 6.07. The third-order valence-electron chi connectivity index (χ3n) is 4.39. The maximum Gasteiger partial charge on any atom is 0.178 e. The molecule has 0 amide bonds. The smallest absolute Gasteiger partial charge is 0.178 e. The van der Waals surface area contributed by atoms with Crippen LogP contribution in [0.15, 0.2) is 47.4 Å². The molecule has 2 heterocycles. The Morgan fingerprint density at radius 3 is 2.67 bits per heavy atom. The predicted octanol–water partition coefficient (Wildman–Crippen LogP) is 4.72. The van der Waals surface area contributed by atoms with Crippen molar-refractivity contribution >= 4 is 11.8 Å². The Labute approximate surface area is 146 Å². The maximum atomic E-state index is 4.92. The topological polar surface area (TPSA) is 38.7 Å². The molecule has 0 bridgehead atoms. The lowest BCUT2D eigenvalue weighted by Crippen LogP contribution is -2.01. The Morgan fingerprint density at radius 2 is 1.83 bits per heavy atom.